The van der Waals surface area contributed by atoms with Crippen LogP contribution in [0.25, 0.3) is 32.9 Å². The van der Waals surface area contributed by atoms with Crippen LogP contribution in [0.3, 0.4) is 0 Å². The van der Waals surface area contributed by atoms with E-state index in [9.17, 15) is 5.11 Å². The highest BCUT2D eigenvalue weighted by Crippen LogP contribution is 2.37. The van der Waals surface area contributed by atoms with Gasteiger partial charge in [0.25, 0.3) is 0 Å². The molecule has 0 aliphatic rings. The van der Waals surface area contributed by atoms with Crippen LogP contribution in [0.15, 0.2) is 36.5 Å². The maximum atomic E-state index is 10.5. The van der Waals surface area contributed by atoms with E-state index in [0.29, 0.717) is 12.6 Å². The lowest BCUT2D eigenvalue weighted by Crippen LogP contribution is -2.26. The molecule has 0 unspecified atom stereocenters. The Morgan fingerprint density at radius 3 is 2.46 bits per heavy atom. The normalized spacial score (nSPS) is 11.7. The third kappa shape index (κ3) is 5.54. The van der Waals surface area contributed by atoms with Gasteiger partial charge in [-0.05, 0) is 50.3 Å². The number of nitrogens with zero attached hydrogens (tertiary/aromatic N) is 3. The number of pyridine rings is 1. The molecular formula is C32H37N3O2. The van der Waals surface area contributed by atoms with Gasteiger partial charge in [-0.3, -0.25) is 4.98 Å². The van der Waals surface area contributed by atoms with Crippen molar-refractivity contribution in [2.24, 2.45) is 5.41 Å². The van der Waals surface area contributed by atoms with Gasteiger partial charge >= 0.3 is 6.01 Å². The van der Waals surface area contributed by atoms with Crippen LogP contribution in [0.5, 0.6) is 11.8 Å². The van der Waals surface area contributed by atoms with E-state index < -0.39 is 0 Å². The van der Waals surface area contributed by atoms with E-state index in [2.05, 4.69) is 31.7 Å². The quantitative estimate of drug-likeness (QED) is 0.226. The number of ether oxygens (including phenoxy) is 1. The summed E-state index contributed by atoms with van der Waals surface area (Å²) >= 11 is 0. The number of aromatic hydroxyl groups is 1. The van der Waals surface area contributed by atoms with Crippen molar-refractivity contribution in [3.05, 3.63) is 53.3 Å². The summed E-state index contributed by atoms with van der Waals surface area (Å²) in [6.45, 7) is 11.3. The Kier molecular flexibility index (Phi) is 7.97. The maximum Gasteiger partial charge on any atom is 0.317 e. The molecule has 37 heavy (non-hydrogen) atoms. The molecule has 0 atom stereocenters. The summed E-state index contributed by atoms with van der Waals surface area (Å²) in [7, 11) is 0. The van der Waals surface area contributed by atoms with E-state index >= 15 is 0 Å². The number of hydrogen-bond acceptors (Lipinski definition) is 5. The zero-order valence-electron chi connectivity index (χ0n) is 22.7. The average molecular weight is 496 g/mol. The van der Waals surface area contributed by atoms with Crippen molar-refractivity contribution in [2.75, 3.05) is 6.61 Å². The second-order valence-electron chi connectivity index (χ2n) is 10.4. The highest BCUT2D eigenvalue weighted by Gasteiger charge is 2.25. The summed E-state index contributed by atoms with van der Waals surface area (Å²) in [6.07, 6.45) is 14.6. The van der Waals surface area contributed by atoms with Crippen molar-refractivity contribution in [3.8, 4) is 35.4 Å². The number of phenolic OH excluding ortho intramolecular Hbond substituents is 1. The number of rotatable bonds is 10. The summed E-state index contributed by atoms with van der Waals surface area (Å²) in [5.41, 5.74) is 4.90. The molecule has 5 heteroatoms. The van der Waals surface area contributed by atoms with Gasteiger partial charge in [0.05, 0.1) is 23.5 Å². The Bertz CT molecular complexity index is 1460. The van der Waals surface area contributed by atoms with Crippen LogP contribution < -0.4 is 4.74 Å². The molecule has 0 spiro atoms. The minimum absolute atomic E-state index is 0.1000. The van der Waals surface area contributed by atoms with Crippen molar-refractivity contribution in [3.63, 3.8) is 0 Å². The molecule has 0 fully saturated rings. The molecule has 2 aromatic heterocycles. The van der Waals surface area contributed by atoms with Crippen LogP contribution in [0.2, 0.25) is 0 Å². The summed E-state index contributed by atoms with van der Waals surface area (Å²) in [5, 5.41) is 13.1. The van der Waals surface area contributed by atoms with E-state index in [1.165, 1.54) is 25.7 Å². The van der Waals surface area contributed by atoms with Crippen LogP contribution in [-0.2, 0) is 0 Å². The van der Waals surface area contributed by atoms with Crippen LogP contribution in [0.1, 0.15) is 76.1 Å². The van der Waals surface area contributed by atoms with Crippen molar-refractivity contribution in [1.29, 1.82) is 0 Å². The molecule has 0 aliphatic heterocycles. The smallest absolute Gasteiger partial charge is 0.317 e. The topological polar surface area (TPSA) is 68.1 Å². The van der Waals surface area contributed by atoms with Gasteiger partial charge in [-0.1, -0.05) is 64.5 Å². The second kappa shape index (κ2) is 11.2. The minimum Gasteiger partial charge on any atom is -0.508 e. The Balaban J connectivity index is 1.78. The number of unbranched alkanes of at least 4 members (excludes halogenated alkanes) is 2. The van der Waals surface area contributed by atoms with Crippen molar-refractivity contribution in [1.82, 2.24) is 15.0 Å². The zero-order chi connectivity index (χ0) is 26.6. The Hall–Kier alpha value is -3.65. The fourth-order valence-electron chi connectivity index (χ4n) is 5.10. The summed E-state index contributed by atoms with van der Waals surface area (Å²) in [4.78, 5) is 14.3. The molecule has 2 aromatic carbocycles. The third-order valence-electron chi connectivity index (χ3n) is 7.34. The lowest BCUT2D eigenvalue weighted by Gasteiger charge is -2.29. The van der Waals surface area contributed by atoms with Gasteiger partial charge in [0.1, 0.15) is 5.75 Å². The van der Waals surface area contributed by atoms with Crippen LogP contribution in [0.4, 0.5) is 0 Å². The van der Waals surface area contributed by atoms with E-state index in [1.54, 1.807) is 18.3 Å². The lowest BCUT2D eigenvalue weighted by molar-refractivity contribution is 0.126. The number of benzene rings is 2. The standard InChI is InChI=1S/C32H37N3O2/c1-7-10-15-32(6,16-11-8-2)20-37-31-34-22(5)27-19-33-29(21(4)30(27)35-31)26-18-25(36)17-24-14-12-13-23(9-3)28(24)26/h3,12-14,17-19,36H,7-8,10-11,15-16,20H2,1-2,4-6H3. The number of terminal acetylenes is 1. The minimum atomic E-state index is 0.1000. The van der Waals surface area contributed by atoms with Crippen molar-refractivity contribution in [2.45, 2.75) is 73.1 Å². The molecule has 4 rings (SSSR count). The molecule has 1 N–H and O–H groups in total. The molecule has 0 saturated carbocycles. The molecule has 4 aromatic rings. The molecule has 0 bridgehead atoms. The predicted molar refractivity (Wildman–Crippen MR) is 152 cm³/mol. The third-order valence-corrected chi connectivity index (χ3v) is 7.34. The highest BCUT2D eigenvalue weighted by molar-refractivity contribution is 6.03. The summed E-state index contributed by atoms with van der Waals surface area (Å²) in [5.74, 6) is 2.95. The Labute approximate surface area is 220 Å². The Morgan fingerprint density at radius 2 is 1.78 bits per heavy atom. The van der Waals surface area contributed by atoms with Crippen LogP contribution >= 0.6 is 0 Å². The number of aromatic nitrogens is 3. The van der Waals surface area contributed by atoms with Gasteiger partial charge in [-0.15, -0.1) is 6.42 Å². The molecule has 2 heterocycles. The van der Waals surface area contributed by atoms with E-state index in [0.717, 1.165) is 62.6 Å². The average Bonchev–Trinajstić information content (AvgIpc) is 2.89. The van der Waals surface area contributed by atoms with Crippen LogP contribution in [0, 0.1) is 31.6 Å². The molecular weight excluding hydrogens is 458 g/mol. The first-order valence-electron chi connectivity index (χ1n) is 13.3. The fourth-order valence-corrected chi connectivity index (χ4v) is 5.10. The maximum absolute atomic E-state index is 10.5. The first kappa shape index (κ1) is 26.4. The lowest BCUT2D eigenvalue weighted by atomic mass is 9.81. The van der Waals surface area contributed by atoms with Gasteiger partial charge < -0.3 is 9.84 Å². The van der Waals surface area contributed by atoms with Crippen molar-refractivity contribution >= 4 is 21.7 Å². The van der Waals surface area contributed by atoms with E-state index in [4.69, 9.17) is 21.1 Å². The first-order valence-corrected chi connectivity index (χ1v) is 13.3. The molecule has 0 radical (unpaired) electrons. The molecule has 0 amide bonds. The predicted octanol–water partition coefficient (Wildman–Crippen LogP) is 7.91. The summed E-state index contributed by atoms with van der Waals surface area (Å²) < 4.78 is 6.27. The molecule has 0 aliphatic carbocycles. The Morgan fingerprint density at radius 1 is 1.05 bits per heavy atom. The SMILES string of the molecule is C#Cc1cccc2cc(O)cc(-c3ncc4c(C)nc(OCC(C)(CCCC)CCCC)nc4c3C)c12. The largest absolute Gasteiger partial charge is 0.508 e. The van der Waals surface area contributed by atoms with Gasteiger partial charge in [-0.2, -0.15) is 9.97 Å². The number of fused-ring (bicyclic) bond motifs is 2. The van der Waals surface area contributed by atoms with Gasteiger partial charge in [0.15, 0.2) is 0 Å². The zero-order valence-corrected chi connectivity index (χ0v) is 22.7. The second-order valence-corrected chi connectivity index (χ2v) is 10.4. The molecule has 192 valence electrons. The number of hydrogen-bond donors (Lipinski definition) is 1. The number of aryl methyl sites for hydroxylation is 2. The van der Waals surface area contributed by atoms with Gasteiger partial charge in [0.2, 0.25) is 0 Å². The van der Waals surface area contributed by atoms with E-state index in [1.807, 2.05) is 32.0 Å². The van der Waals surface area contributed by atoms with Crippen molar-refractivity contribution < 1.29 is 9.84 Å². The van der Waals surface area contributed by atoms with Crippen LogP contribution in [-0.4, -0.2) is 26.7 Å². The fraction of sp³-hybridized carbons (Fsp3) is 0.406. The first-order chi connectivity index (χ1) is 17.8. The highest BCUT2D eigenvalue weighted by atomic mass is 16.5. The van der Waals surface area contributed by atoms with Gasteiger partial charge in [0, 0.05) is 39.1 Å². The van der Waals surface area contributed by atoms with E-state index in [-0.39, 0.29) is 11.2 Å². The number of phenols is 1. The monoisotopic (exact) mass is 495 g/mol. The summed E-state index contributed by atoms with van der Waals surface area (Å²) in [6, 6.07) is 9.60. The molecule has 5 nitrogen and oxygen atoms in total. The molecule has 0 saturated heterocycles. The van der Waals surface area contributed by atoms with Gasteiger partial charge in [-0.25, -0.2) is 0 Å².